The predicted molar refractivity (Wildman–Crippen MR) is 413 cm³/mol. The number of phenols is 3. The normalized spacial score (nSPS) is 12.1. The second-order valence-electron chi connectivity index (χ2n) is 26.7. The monoisotopic (exact) mass is 1440 g/mol. The van der Waals surface area contributed by atoms with Crippen LogP contribution >= 0.6 is 18.5 Å². The number of methoxy groups -OCH3 is 1. The van der Waals surface area contributed by atoms with Gasteiger partial charge in [-0.2, -0.15) is 0 Å². The van der Waals surface area contributed by atoms with Crippen LogP contribution in [0.15, 0.2) is 194 Å². The molecule has 0 aliphatic rings. The number of carbonyl (C=O) groups excluding carboxylic acids is 3. The van der Waals surface area contributed by atoms with E-state index in [-0.39, 0.29) is 81.6 Å². The summed E-state index contributed by atoms with van der Waals surface area (Å²) >= 11 is 0. The molecule has 0 saturated heterocycles. The largest absolute Gasteiger partial charge is 0.519 e. The van der Waals surface area contributed by atoms with Crippen molar-refractivity contribution in [2.45, 2.75) is 181 Å². The Morgan fingerprint density at radius 3 is 0.890 bits per heavy atom. The molecule has 6 unspecified atom stereocenters. The van der Waals surface area contributed by atoms with Gasteiger partial charge in [0.25, 0.3) is 0 Å². The molecule has 0 aromatic heterocycles. The van der Waals surface area contributed by atoms with E-state index < -0.39 is 18.4 Å². The average molecular weight is 1440 g/mol. The molecule has 1 amide bonds. The minimum Gasteiger partial charge on any atom is -0.508 e. The molecule has 6 atom stereocenters. The van der Waals surface area contributed by atoms with E-state index in [4.69, 9.17) is 36.1 Å². The van der Waals surface area contributed by atoms with Gasteiger partial charge in [-0.25, -0.2) is 14.4 Å². The van der Waals surface area contributed by atoms with Crippen LogP contribution in [0.5, 0.6) is 40.2 Å². The van der Waals surface area contributed by atoms with Gasteiger partial charge in [-0.05, 0) is 189 Å². The van der Waals surface area contributed by atoms with Gasteiger partial charge in [0.15, 0.2) is 0 Å². The van der Waals surface area contributed by atoms with Crippen LogP contribution in [0.1, 0.15) is 179 Å². The number of nitrogens with one attached hydrogen (secondary N) is 1. The van der Waals surface area contributed by atoms with Gasteiger partial charge in [0.2, 0.25) is 0 Å². The van der Waals surface area contributed by atoms with Crippen molar-refractivity contribution in [3.8, 4) is 40.2 Å². The molecule has 0 saturated carbocycles. The van der Waals surface area contributed by atoms with E-state index in [1.807, 2.05) is 119 Å². The van der Waals surface area contributed by atoms with Gasteiger partial charge in [0, 0.05) is 64.4 Å². The van der Waals surface area contributed by atoms with Crippen LogP contribution in [-0.4, -0.2) is 77.8 Å². The van der Waals surface area contributed by atoms with Crippen molar-refractivity contribution < 1.29 is 71.9 Å². The van der Waals surface area contributed by atoms with Crippen LogP contribution in [0, 0.1) is 6.92 Å². The van der Waals surface area contributed by atoms with Gasteiger partial charge in [-0.3, -0.25) is 0 Å². The second kappa shape index (κ2) is 43.8. The quantitative estimate of drug-likeness (QED) is 0.0153. The zero-order valence-electron chi connectivity index (χ0n) is 61.7. The third kappa shape index (κ3) is 29.9. The molecule has 0 bridgehead atoms. The molecule has 18 heteroatoms. The van der Waals surface area contributed by atoms with Crippen LogP contribution < -0.4 is 41.5 Å². The Balaban J connectivity index is 0.000000515. The molecule has 0 fully saturated rings. The maximum atomic E-state index is 12.6. The van der Waals surface area contributed by atoms with E-state index in [0.717, 1.165) is 51.8 Å². The summed E-state index contributed by atoms with van der Waals surface area (Å²) in [6, 6.07) is 60.1. The first-order valence-corrected chi connectivity index (χ1v) is 35.8. The predicted octanol–water partition coefficient (Wildman–Crippen LogP) is 18.7. The number of ether oxygens (including phenoxy) is 5. The van der Waals surface area contributed by atoms with E-state index in [0.29, 0.717) is 29.4 Å². The summed E-state index contributed by atoms with van der Waals surface area (Å²) in [7, 11) is 6.41. The van der Waals surface area contributed by atoms with Gasteiger partial charge in [-0.1, -0.05) is 204 Å². The average Bonchev–Trinajstić information content (AvgIpc) is 0.826. The number of aryl methyl sites for hydroxylation is 1. The van der Waals surface area contributed by atoms with Gasteiger partial charge in [0.1, 0.15) is 40.2 Å². The number of carbonyl (C=O) groups is 3. The third-order valence-corrected chi connectivity index (χ3v) is 17.3. The molecule has 8 aromatic rings. The maximum Gasteiger partial charge on any atom is 0.519 e. The summed E-state index contributed by atoms with van der Waals surface area (Å²) in [5, 5.41) is 30.8. The first-order valence-electron chi connectivity index (χ1n) is 33.8. The van der Waals surface area contributed by atoms with Gasteiger partial charge < -0.3 is 61.5 Å². The molecule has 1 radical (unpaired) electrons. The maximum absolute atomic E-state index is 12.6. The van der Waals surface area contributed by atoms with Crippen molar-refractivity contribution in [1.29, 1.82) is 0 Å². The van der Waals surface area contributed by atoms with Crippen molar-refractivity contribution >= 4 is 36.9 Å². The van der Waals surface area contributed by atoms with E-state index in [2.05, 4.69) is 122 Å². The minimum absolute atomic E-state index is 0. The molecule has 0 aliphatic carbocycles. The molecule has 10 N–H and O–H groups in total. The Labute approximate surface area is 613 Å². The number of nitrogens with two attached hydrogens (primary N) is 3. The van der Waals surface area contributed by atoms with Crippen LogP contribution in [0.25, 0.3) is 0 Å². The van der Waals surface area contributed by atoms with Crippen molar-refractivity contribution in [3.05, 3.63) is 244 Å². The Bertz CT molecular complexity index is 3550. The number of unbranched alkanes of at least 4 members (excludes halogenated alkanes) is 2. The van der Waals surface area contributed by atoms with Crippen LogP contribution in [0.3, 0.4) is 0 Å². The SMILES string of the molecule is CC(C)(c1ccc(O)cc1)c1ccc(O)cc1.CC(N)CC(C)N.CCC(CC(C)N)NC(=O)Oc1ccc(C(C)(C)c2ccc(OC(=O)Oc3ccc(C(C)(C)c4ccc(C)cc4)cc3)cc2)cc1.CCCCCP.COC(=O)Oc1ccc(C(C)(C)c2ccc(O)cc2)cc1.CP.[V]. The molecule has 15 nitrogen and oxygen atoms in total. The molecule has 541 valence electrons. The van der Waals surface area contributed by atoms with E-state index in [1.165, 1.54) is 43.7 Å². The smallest absolute Gasteiger partial charge is 0.508 e. The summed E-state index contributed by atoms with van der Waals surface area (Å²) in [5.41, 5.74) is 25.8. The van der Waals surface area contributed by atoms with Crippen molar-refractivity contribution in [1.82, 2.24) is 5.32 Å². The van der Waals surface area contributed by atoms with Crippen LogP contribution in [0.2, 0.25) is 0 Å². The summed E-state index contributed by atoms with van der Waals surface area (Å²) in [6.07, 6.45) is 5.72. The molecular weight excluding hydrogens is 1330 g/mol. The fourth-order valence-electron chi connectivity index (χ4n) is 10.4. The Morgan fingerprint density at radius 1 is 0.420 bits per heavy atom. The molecule has 0 aliphatic heterocycles. The Morgan fingerprint density at radius 2 is 0.670 bits per heavy atom. The summed E-state index contributed by atoms with van der Waals surface area (Å²) < 4.78 is 25.8. The molecule has 8 aromatic carbocycles. The summed E-state index contributed by atoms with van der Waals surface area (Å²) in [5.74, 6) is 2.48. The summed E-state index contributed by atoms with van der Waals surface area (Å²) in [4.78, 5) is 36.0. The van der Waals surface area contributed by atoms with Crippen LogP contribution in [0.4, 0.5) is 14.4 Å². The van der Waals surface area contributed by atoms with E-state index in [9.17, 15) is 29.7 Å². The summed E-state index contributed by atoms with van der Waals surface area (Å²) in [6.45, 7) is 31.0. The van der Waals surface area contributed by atoms with Crippen molar-refractivity contribution in [2.24, 2.45) is 17.2 Å². The molecule has 0 heterocycles. The van der Waals surface area contributed by atoms with Gasteiger partial charge in [-0.15, -0.1) is 18.5 Å². The number of amides is 1. The first-order chi connectivity index (χ1) is 46.7. The van der Waals surface area contributed by atoms with Crippen molar-refractivity contribution in [3.63, 3.8) is 0 Å². The van der Waals surface area contributed by atoms with E-state index in [1.54, 1.807) is 84.9 Å². The second-order valence-corrected chi connectivity index (χ2v) is 27.2. The zero-order valence-corrected chi connectivity index (χ0v) is 65.4. The zero-order chi connectivity index (χ0) is 74.1. The number of aromatic hydroxyl groups is 3. The number of hydrogen-bond donors (Lipinski definition) is 7. The van der Waals surface area contributed by atoms with Crippen LogP contribution in [-0.2, 0) is 45.0 Å². The number of benzene rings is 8. The molecule has 100 heavy (non-hydrogen) atoms. The standard InChI is InChI=1S/C39H46N2O5.C17H18O4.C15H16O2.C5H14N2.C5H13P.CH5P.V/c1-8-32(25-27(3)40)41-36(42)44-33-19-13-29(14-20-33)39(6,7)31-17-23-35(24-18-31)46-37(43)45-34-21-15-30(16-22-34)38(4,5)28-11-9-26(2)10-12-28;1-17(2,12-4-8-14(18)9-5-12)13-6-10-15(11-7-13)21-16(19)20-3;1-15(2,11-3-7-13(16)8-4-11)12-5-9-14(17)10-6-12;1-4(6)3-5(2)7;1-2-3-4-5-6;1-2;/h9-24,27,32H,8,25,40H2,1-7H3,(H,41,42);4-11,18H,1-3H3;3-10,16-17H,1-2H3;4-5H,3,6-7H2,1-2H3;2-6H2,1H3;2H2,1H3;. The fourth-order valence-corrected chi connectivity index (χ4v) is 10.7. The van der Waals surface area contributed by atoms with E-state index >= 15 is 0 Å². The number of phenolic OH excluding ortho intramolecular Hbond substituents is 3. The minimum atomic E-state index is -0.806. The third-order valence-electron chi connectivity index (χ3n) is 16.8. The topological polar surface area (TPSA) is 248 Å². The number of rotatable bonds is 21. The van der Waals surface area contributed by atoms with Crippen molar-refractivity contribution in [2.75, 3.05) is 19.9 Å². The fraction of sp³-hybridized carbons (Fsp3) is 0.378. The number of hydrogen-bond acceptors (Lipinski definition) is 14. The molecule has 8 rings (SSSR count). The first kappa shape index (κ1) is 88.4. The Hall–Kier alpha value is -7.71. The van der Waals surface area contributed by atoms with Gasteiger partial charge in [0.05, 0.1) is 7.11 Å². The molecule has 0 spiro atoms. The van der Waals surface area contributed by atoms with Gasteiger partial charge >= 0.3 is 18.4 Å². The Kier molecular flexibility index (Phi) is 38.7. The molecular formula is C82H112N4O11P2V.